The Labute approximate surface area is 105 Å². The Morgan fingerprint density at radius 2 is 1.81 bits per heavy atom. The molecule has 0 radical (unpaired) electrons. The predicted molar refractivity (Wildman–Crippen MR) is 64.9 cm³/mol. The van der Waals surface area contributed by atoms with E-state index in [4.69, 9.17) is 32.7 Å². The molecule has 88 valence electrons. The molecule has 1 heterocycles. The summed E-state index contributed by atoms with van der Waals surface area (Å²) in [5, 5.41) is 1.20. The van der Waals surface area contributed by atoms with Crippen LogP contribution in [0.3, 0.4) is 0 Å². The lowest BCUT2D eigenvalue weighted by Gasteiger charge is -2.34. The minimum atomic E-state index is -0.377. The Hall–Kier alpha value is -0.280. The van der Waals surface area contributed by atoms with E-state index in [0.717, 1.165) is 5.56 Å². The fourth-order valence-electron chi connectivity index (χ4n) is 1.56. The summed E-state index contributed by atoms with van der Waals surface area (Å²) in [4.78, 5) is 0. The molecule has 2 rings (SSSR count). The number of benzene rings is 1. The molecule has 0 unspecified atom stereocenters. The van der Waals surface area contributed by atoms with Gasteiger partial charge in [-0.25, -0.2) is 0 Å². The zero-order valence-corrected chi connectivity index (χ0v) is 10.8. The van der Waals surface area contributed by atoms with E-state index in [1.165, 1.54) is 0 Å². The summed E-state index contributed by atoms with van der Waals surface area (Å²) in [6.07, 6.45) is -0.377. The van der Waals surface area contributed by atoms with Crippen molar-refractivity contribution < 1.29 is 9.47 Å². The summed E-state index contributed by atoms with van der Waals surface area (Å²) in [5.41, 5.74) is 0.900. The fourth-order valence-corrected chi connectivity index (χ4v) is 2.06. The van der Waals surface area contributed by atoms with Gasteiger partial charge in [0.15, 0.2) is 6.29 Å². The van der Waals surface area contributed by atoms with Crippen molar-refractivity contribution in [3.63, 3.8) is 0 Å². The van der Waals surface area contributed by atoms with Gasteiger partial charge in [-0.3, -0.25) is 0 Å². The molecule has 1 saturated heterocycles. The molecule has 0 bridgehead atoms. The Balaban J connectivity index is 2.14. The van der Waals surface area contributed by atoms with Crippen LogP contribution < -0.4 is 0 Å². The number of hydrogen-bond acceptors (Lipinski definition) is 2. The zero-order chi connectivity index (χ0) is 11.8. The van der Waals surface area contributed by atoms with Crippen LogP contribution in [0.1, 0.15) is 25.7 Å². The minimum Gasteiger partial charge on any atom is -0.348 e. The van der Waals surface area contributed by atoms with Gasteiger partial charge in [-0.2, -0.15) is 0 Å². The normalized spacial score (nSPS) is 21.0. The monoisotopic (exact) mass is 260 g/mol. The van der Waals surface area contributed by atoms with Crippen molar-refractivity contribution in [2.24, 2.45) is 5.41 Å². The molecule has 1 fully saturated rings. The smallest absolute Gasteiger partial charge is 0.185 e. The molecular formula is C12H14Cl2O2. The van der Waals surface area contributed by atoms with Crippen molar-refractivity contribution >= 4 is 23.2 Å². The van der Waals surface area contributed by atoms with Crippen molar-refractivity contribution in [3.05, 3.63) is 33.8 Å². The number of rotatable bonds is 1. The van der Waals surface area contributed by atoms with Crippen LogP contribution in [0.25, 0.3) is 0 Å². The SMILES string of the molecule is CC1(C)COC(c2ccc(Cl)cc2Cl)OC1. The lowest BCUT2D eigenvalue weighted by atomic mass is 9.95. The van der Waals surface area contributed by atoms with E-state index in [9.17, 15) is 0 Å². The molecule has 0 saturated carbocycles. The van der Waals surface area contributed by atoms with Gasteiger partial charge >= 0.3 is 0 Å². The molecule has 0 spiro atoms. The summed E-state index contributed by atoms with van der Waals surface area (Å²) in [6.45, 7) is 5.53. The van der Waals surface area contributed by atoms with Gasteiger partial charge in [-0.15, -0.1) is 0 Å². The molecule has 0 atom stereocenters. The highest BCUT2D eigenvalue weighted by Gasteiger charge is 2.30. The maximum absolute atomic E-state index is 6.09. The van der Waals surface area contributed by atoms with Gasteiger partial charge in [-0.05, 0) is 12.1 Å². The highest BCUT2D eigenvalue weighted by atomic mass is 35.5. The van der Waals surface area contributed by atoms with Gasteiger partial charge < -0.3 is 9.47 Å². The molecule has 0 aromatic heterocycles. The van der Waals surface area contributed by atoms with E-state index in [-0.39, 0.29) is 11.7 Å². The Bertz CT molecular complexity index is 381. The Kier molecular flexibility index (Phi) is 3.45. The van der Waals surface area contributed by atoms with Gasteiger partial charge in [0, 0.05) is 16.0 Å². The molecule has 2 nitrogen and oxygen atoms in total. The van der Waals surface area contributed by atoms with Crippen LogP contribution in [0.5, 0.6) is 0 Å². The zero-order valence-electron chi connectivity index (χ0n) is 9.30. The van der Waals surface area contributed by atoms with Crippen LogP contribution in [0.15, 0.2) is 18.2 Å². The molecule has 0 aliphatic carbocycles. The minimum absolute atomic E-state index is 0.0649. The molecule has 0 amide bonds. The first-order chi connectivity index (χ1) is 7.48. The maximum atomic E-state index is 6.09. The molecule has 1 aliphatic heterocycles. The highest BCUT2D eigenvalue weighted by Crippen LogP contribution is 2.35. The Morgan fingerprint density at radius 1 is 1.19 bits per heavy atom. The summed E-state index contributed by atoms with van der Waals surface area (Å²) in [6, 6.07) is 5.33. The van der Waals surface area contributed by atoms with Gasteiger partial charge in [-0.1, -0.05) is 43.1 Å². The van der Waals surface area contributed by atoms with Gasteiger partial charge in [0.25, 0.3) is 0 Å². The first-order valence-corrected chi connectivity index (χ1v) is 5.92. The van der Waals surface area contributed by atoms with E-state index in [2.05, 4.69) is 13.8 Å². The largest absolute Gasteiger partial charge is 0.348 e. The summed E-state index contributed by atoms with van der Waals surface area (Å²) in [5.74, 6) is 0. The molecule has 1 aromatic rings. The van der Waals surface area contributed by atoms with Crippen LogP contribution in [0, 0.1) is 5.41 Å². The van der Waals surface area contributed by atoms with Crippen molar-refractivity contribution in [1.29, 1.82) is 0 Å². The third kappa shape index (κ3) is 2.69. The van der Waals surface area contributed by atoms with Crippen LogP contribution in [0.4, 0.5) is 0 Å². The Morgan fingerprint density at radius 3 is 2.38 bits per heavy atom. The van der Waals surface area contributed by atoms with Gasteiger partial charge in [0.05, 0.1) is 18.2 Å². The van der Waals surface area contributed by atoms with Crippen molar-refractivity contribution in [3.8, 4) is 0 Å². The van der Waals surface area contributed by atoms with Crippen LogP contribution in [0.2, 0.25) is 10.0 Å². The van der Waals surface area contributed by atoms with Gasteiger partial charge in [0.1, 0.15) is 0 Å². The summed E-state index contributed by atoms with van der Waals surface area (Å²) in [7, 11) is 0. The number of halogens is 2. The van der Waals surface area contributed by atoms with Crippen molar-refractivity contribution in [2.75, 3.05) is 13.2 Å². The third-order valence-electron chi connectivity index (χ3n) is 2.47. The van der Waals surface area contributed by atoms with E-state index in [1.807, 2.05) is 6.07 Å². The molecule has 0 N–H and O–H groups in total. The topological polar surface area (TPSA) is 18.5 Å². The second-order valence-corrected chi connectivity index (χ2v) is 5.63. The van der Waals surface area contributed by atoms with Crippen LogP contribution in [-0.4, -0.2) is 13.2 Å². The lowest BCUT2D eigenvalue weighted by Crippen LogP contribution is -2.33. The molecule has 1 aromatic carbocycles. The first-order valence-electron chi connectivity index (χ1n) is 5.16. The second kappa shape index (κ2) is 4.53. The third-order valence-corrected chi connectivity index (χ3v) is 3.03. The standard InChI is InChI=1S/C12H14Cl2O2/c1-12(2)6-15-11(16-7-12)9-4-3-8(13)5-10(9)14/h3-5,11H,6-7H2,1-2H3. The van der Waals surface area contributed by atoms with E-state index in [0.29, 0.717) is 23.3 Å². The van der Waals surface area contributed by atoms with Crippen molar-refractivity contribution in [2.45, 2.75) is 20.1 Å². The lowest BCUT2D eigenvalue weighted by molar-refractivity contribution is -0.226. The number of ether oxygens (including phenoxy) is 2. The summed E-state index contributed by atoms with van der Waals surface area (Å²) < 4.78 is 11.3. The maximum Gasteiger partial charge on any atom is 0.185 e. The predicted octanol–water partition coefficient (Wildman–Crippen LogP) is 4.07. The average molecular weight is 261 g/mol. The quantitative estimate of drug-likeness (QED) is 0.758. The highest BCUT2D eigenvalue weighted by molar-refractivity contribution is 6.35. The van der Waals surface area contributed by atoms with Crippen LogP contribution in [-0.2, 0) is 9.47 Å². The van der Waals surface area contributed by atoms with Crippen LogP contribution >= 0.6 is 23.2 Å². The molecular weight excluding hydrogens is 247 g/mol. The van der Waals surface area contributed by atoms with E-state index >= 15 is 0 Å². The molecule has 4 heteroatoms. The fraction of sp³-hybridized carbons (Fsp3) is 0.500. The second-order valence-electron chi connectivity index (χ2n) is 4.78. The number of hydrogen-bond donors (Lipinski definition) is 0. The molecule has 16 heavy (non-hydrogen) atoms. The van der Waals surface area contributed by atoms with Crippen molar-refractivity contribution in [1.82, 2.24) is 0 Å². The van der Waals surface area contributed by atoms with E-state index < -0.39 is 0 Å². The van der Waals surface area contributed by atoms with Gasteiger partial charge in [0.2, 0.25) is 0 Å². The summed E-state index contributed by atoms with van der Waals surface area (Å²) >= 11 is 11.9. The average Bonchev–Trinajstić information content (AvgIpc) is 2.19. The molecule has 1 aliphatic rings. The van der Waals surface area contributed by atoms with E-state index in [1.54, 1.807) is 12.1 Å². The first kappa shape index (κ1) is 12.2.